The highest BCUT2D eigenvalue weighted by Crippen LogP contribution is 2.19. The maximum atomic E-state index is 12.0. The molecule has 19 heavy (non-hydrogen) atoms. The molecule has 1 amide bonds. The third-order valence-corrected chi connectivity index (χ3v) is 2.98. The van der Waals surface area contributed by atoms with Gasteiger partial charge < -0.3 is 15.2 Å². The van der Waals surface area contributed by atoms with E-state index in [0.29, 0.717) is 30.6 Å². The van der Waals surface area contributed by atoms with Crippen LogP contribution in [0, 0.1) is 0 Å². The highest BCUT2D eigenvalue weighted by molar-refractivity contribution is 6.04. The van der Waals surface area contributed by atoms with Gasteiger partial charge in [-0.25, -0.2) is 0 Å². The Morgan fingerprint density at radius 2 is 1.95 bits per heavy atom. The Labute approximate surface area is 110 Å². The van der Waals surface area contributed by atoms with Crippen molar-refractivity contribution < 1.29 is 19.4 Å². The number of aliphatic hydroxyl groups excluding tert-OH is 1. The number of ketones is 1. The van der Waals surface area contributed by atoms with Crippen molar-refractivity contribution in [3.63, 3.8) is 0 Å². The normalized spacial score (nSPS) is 15.3. The fourth-order valence-corrected chi connectivity index (χ4v) is 1.90. The number of benzene rings is 1. The first-order valence-electron chi connectivity index (χ1n) is 6.02. The summed E-state index contributed by atoms with van der Waals surface area (Å²) in [4.78, 5) is 23.6. The standard InChI is InChI=1S/C14H15NO4/c1-19-10-7-5-9(6-8-10)14(18)15-13-11(16)3-2-4-12(13)17/h5-8,16H,2-4H2,1H3,(H,15,18). The number of aliphatic hydroxyl groups is 1. The van der Waals surface area contributed by atoms with Crippen molar-refractivity contribution in [1.82, 2.24) is 5.32 Å². The summed E-state index contributed by atoms with van der Waals surface area (Å²) in [5.41, 5.74) is 0.423. The van der Waals surface area contributed by atoms with Crippen LogP contribution in [-0.4, -0.2) is 23.9 Å². The van der Waals surface area contributed by atoms with E-state index in [0.717, 1.165) is 0 Å². The van der Waals surface area contributed by atoms with Gasteiger partial charge >= 0.3 is 0 Å². The van der Waals surface area contributed by atoms with Crippen LogP contribution in [0.25, 0.3) is 0 Å². The van der Waals surface area contributed by atoms with Crippen molar-refractivity contribution in [3.05, 3.63) is 41.3 Å². The molecule has 5 nitrogen and oxygen atoms in total. The van der Waals surface area contributed by atoms with Crippen LogP contribution in [0.15, 0.2) is 35.7 Å². The molecule has 5 heteroatoms. The fourth-order valence-electron chi connectivity index (χ4n) is 1.90. The third kappa shape index (κ3) is 2.93. The number of allylic oxidation sites excluding steroid dienone is 2. The second-order valence-electron chi connectivity index (χ2n) is 4.28. The number of rotatable bonds is 3. The van der Waals surface area contributed by atoms with Gasteiger partial charge in [0.2, 0.25) is 0 Å². The molecular weight excluding hydrogens is 246 g/mol. The van der Waals surface area contributed by atoms with Crippen LogP contribution in [0.3, 0.4) is 0 Å². The Morgan fingerprint density at radius 1 is 1.26 bits per heavy atom. The van der Waals surface area contributed by atoms with Crippen LogP contribution < -0.4 is 10.1 Å². The van der Waals surface area contributed by atoms with E-state index in [9.17, 15) is 14.7 Å². The van der Waals surface area contributed by atoms with Gasteiger partial charge in [-0.05, 0) is 30.7 Å². The van der Waals surface area contributed by atoms with Gasteiger partial charge in [0.15, 0.2) is 5.78 Å². The van der Waals surface area contributed by atoms with Gasteiger partial charge in [-0.2, -0.15) is 0 Å². The predicted molar refractivity (Wildman–Crippen MR) is 69.0 cm³/mol. The van der Waals surface area contributed by atoms with Gasteiger partial charge in [0.05, 0.1) is 7.11 Å². The van der Waals surface area contributed by atoms with Crippen molar-refractivity contribution in [2.45, 2.75) is 19.3 Å². The average Bonchev–Trinajstić information content (AvgIpc) is 2.43. The lowest BCUT2D eigenvalue weighted by molar-refractivity contribution is -0.116. The molecular formula is C14H15NO4. The molecule has 2 N–H and O–H groups in total. The summed E-state index contributed by atoms with van der Waals surface area (Å²) in [5, 5.41) is 12.1. The quantitative estimate of drug-likeness (QED) is 0.872. The van der Waals surface area contributed by atoms with E-state index in [4.69, 9.17) is 4.74 Å². The number of ether oxygens (including phenoxy) is 1. The van der Waals surface area contributed by atoms with Crippen molar-refractivity contribution in [2.75, 3.05) is 7.11 Å². The van der Waals surface area contributed by atoms with Crippen LogP contribution >= 0.6 is 0 Å². The highest BCUT2D eigenvalue weighted by Gasteiger charge is 2.22. The lowest BCUT2D eigenvalue weighted by Crippen LogP contribution is -2.30. The molecule has 0 radical (unpaired) electrons. The zero-order valence-corrected chi connectivity index (χ0v) is 10.6. The molecule has 0 saturated heterocycles. The zero-order valence-electron chi connectivity index (χ0n) is 10.6. The smallest absolute Gasteiger partial charge is 0.255 e. The van der Waals surface area contributed by atoms with E-state index in [2.05, 4.69) is 5.32 Å². The minimum atomic E-state index is -0.417. The molecule has 0 atom stereocenters. The maximum Gasteiger partial charge on any atom is 0.255 e. The summed E-state index contributed by atoms with van der Waals surface area (Å²) in [6.45, 7) is 0. The molecule has 1 aliphatic rings. The van der Waals surface area contributed by atoms with Gasteiger partial charge in [0, 0.05) is 18.4 Å². The second kappa shape index (κ2) is 5.56. The molecule has 0 aliphatic heterocycles. The molecule has 0 bridgehead atoms. The van der Waals surface area contributed by atoms with E-state index < -0.39 is 5.91 Å². The van der Waals surface area contributed by atoms with Crippen molar-refractivity contribution in [1.29, 1.82) is 0 Å². The van der Waals surface area contributed by atoms with Gasteiger partial charge in [-0.15, -0.1) is 0 Å². The number of methoxy groups -OCH3 is 1. The Hall–Kier alpha value is -2.30. The molecule has 100 valence electrons. The largest absolute Gasteiger partial charge is 0.510 e. The van der Waals surface area contributed by atoms with Crippen molar-refractivity contribution in [2.24, 2.45) is 0 Å². The Kier molecular flexibility index (Phi) is 3.85. The molecule has 0 spiro atoms. The number of hydrogen-bond donors (Lipinski definition) is 2. The Bertz CT molecular complexity index is 531. The molecule has 2 rings (SSSR count). The average molecular weight is 261 g/mol. The summed E-state index contributed by atoms with van der Waals surface area (Å²) in [6, 6.07) is 6.51. The van der Waals surface area contributed by atoms with Gasteiger partial charge in [0.1, 0.15) is 17.2 Å². The first kappa shape index (κ1) is 13.1. The number of amides is 1. The van der Waals surface area contributed by atoms with E-state index >= 15 is 0 Å². The third-order valence-electron chi connectivity index (χ3n) is 2.98. The molecule has 0 fully saturated rings. The van der Waals surface area contributed by atoms with Crippen molar-refractivity contribution >= 4 is 11.7 Å². The predicted octanol–water partition coefficient (Wildman–Crippen LogP) is 1.95. The second-order valence-corrected chi connectivity index (χ2v) is 4.28. The molecule has 1 aromatic carbocycles. The van der Waals surface area contributed by atoms with E-state index in [1.165, 1.54) is 0 Å². The number of hydrogen-bond acceptors (Lipinski definition) is 4. The van der Waals surface area contributed by atoms with Crippen LogP contribution in [0.5, 0.6) is 5.75 Å². The van der Waals surface area contributed by atoms with Crippen LogP contribution in [0.1, 0.15) is 29.6 Å². The zero-order chi connectivity index (χ0) is 13.8. The van der Waals surface area contributed by atoms with Crippen LogP contribution in [0.2, 0.25) is 0 Å². The summed E-state index contributed by atoms with van der Waals surface area (Å²) in [6.07, 6.45) is 1.39. The van der Waals surface area contributed by atoms with Crippen LogP contribution in [-0.2, 0) is 4.79 Å². The summed E-state index contributed by atoms with van der Waals surface area (Å²) < 4.78 is 5.00. The minimum absolute atomic E-state index is 0.0204. The molecule has 1 aromatic rings. The molecule has 0 unspecified atom stereocenters. The minimum Gasteiger partial charge on any atom is -0.510 e. The summed E-state index contributed by atoms with van der Waals surface area (Å²) in [5.74, 6) is -0.0458. The monoisotopic (exact) mass is 261 g/mol. The highest BCUT2D eigenvalue weighted by atomic mass is 16.5. The maximum absolute atomic E-state index is 12.0. The van der Waals surface area contributed by atoms with Gasteiger partial charge in [-0.1, -0.05) is 0 Å². The number of carbonyl (C=O) groups excluding carboxylic acids is 2. The van der Waals surface area contributed by atoms with E-state index in [1.807, 2.05) is 0 Å². The van der Waals surface area contributed by atoms with E-state index in [1.54, 1.807) is 31.4 Å². The number of Topliss-reactive ketones (excluding diaryl/α,β-unsaturated/α-hetero) is 1. The van der Waals surface area contributed by atoms with Gasteiger partial charge in [-0.3, -0.25) is 9.59 Å². The Morgan fingerprint density at radius 3 is 2.53 bits per heavy atom. The first-order valence-corrected chi connectivity index (χ1v) is 6.02. The Balaban J connectivity index is 2.14. The lowest BCUT2D eigenvalue weighted by Gasteiger charge is -2.15. The molecule has 1 aliphatic carbocycles. The molecule has 0 heterocycles. The topological polar surface area (TPSA) is 75.6 Å². The van der Waals surface area contributed by atoms with Gasteiger partial charge in [0.25, 0.3) is 5.91 Å². The summed E-state index contributed by atoms with van der Waals surface area (Å²) >= 11 is 0. The number of nitrogens with one attached hydrogen (secondary N) is 1. The number of carbonyl (C=O) groups is 2. The van der Waals surface area contributed by atoms with E-state index in [-0.39, 0.29) is 17.2 Å². The van der Waals surface area contributed by atoms with Crippen molar-refractivity contribution in [3.8, 4) is 5.75 Å². The molecule has 0 saturated carbocycles. The lowest BCUT2D eigenvalue weighted by atomic mass is 10.0. The molecule has 0 aromatic heterocycles. The SMILES string of the molecule is COc1ccc(C(=O)NC2=C(O)CCCC2=O)cc1. The fraction of sp³-hybridized carbons (Fsp3) is 0.286. The first-order chi connectivity index (χ1) is 9.11. The summed E-state index contributed by atoms with van der Waals surface area (Å²) in [7, 11) is 1.54. The van der Waals surface area contributed by atoms with Crippen LogP contribution in [0.4, 0.5) is 0 Å².